The summed E-state index contributed by atoms with van der Waals surface area (Å²) >= 11 is 0. The van der Waals surface area contributed by atoms with Crippen molar-refractivity contribution in [2.24, 2.45) is 21.7 Å². The van der Waals surface area contributed by atoms with Gasteiger partial charge in [-0.3, -0.25) is 92.3 Å². The Morgan fingerprint density at radius 1 is 0.309 bits per heavy atom. The molecule has 16 rings (SSSR count). The third-order valence-electron chi connectivity index (χ3n) is 25.3. The van der Waals surface area contributed by atoms with Crippen LogP contribution in [0.3, 0.4) is 0 Å². The molecule has 0 fully saturated rings. The highest BCUT2D eigenvalue weighted by molar-refractivity contribution is 6.69. The molecule has 12 amide bonds. The molecule has 136 heavy (non-hydrogen) atoms. The van der Waals surface area contributed by atoms with Crippen LogP contribution in [0.1, 0.15) is 248 Å². The zero-order valence-corrected chi connectivity index (χ0v) is 76.7. The number of unbranched alkanes of at least 4 members (excludes halogenated alkanes) is 5. The Bertz CT molecular complexity index is 6110. The van der Waals surface area contributed by atoms with Crippen molar-refractivity contribution in [3.05, 3.63) is 277 Å². The number of nitrogens with zero attached hydrogens (tertiary/aromatic N) is 7. The van der Waals surface area contributed by atoms with E-state index in [0.29, 0.717) is 73.9 Å². The summed E-state index contributed by atoms with van der Waals surface area (Å²) in [5.41, 5.74) is 19.4. The van der Waals surface area contributed by atoms with Crippen molar-refractivity contribution in [1.29, 1.82) is 5.41 Å². The quantitative estimate of drug-likeness (QED) is 0.00893. The number of ether oxygens (including phenoxy) is 6. The molecular weight excluding hydrogens is 1730 g/mol. The number of hydrogen-bond donors (Lipinski definition) is 6. The lowest BCUT2D eigenvalue weighted by Gasteiger charge is -2.36. The first-order valence-corrected chi connectivity index (χ1v) is 46.3. The van der Waals surface area contributed by atoms with Crippen LogP contribution in [0.4, 0.5) is 17.1 Å². The number of hydrogen-bond acceptors (Lipinski definition) is 25. The Morgan fingerprint density at radius 2 is 0.581 bits per heavy atom. The number of fused-ring (bicyclic) bond motifs is 6. The summed E-state index contributed by atoms with van der Waals surface area (Å²) in [7, 11) is 0. The molecule has 1 aliphatic carbocycles. The van der Waals surface area contributed by atoms with E-state index in [1.165, 1.54) is 102 Å². The first-order chi connectivity index (χ1) is 65.8. The molecule has 0 atom stereocenters. The summed E-state index contributed by atoms with van der Waals surface area (Å²) in [6.07, 6.45) is 6.95. The first-order valence-electron chi connectivity index (χ1n) is 46.3. The molecule has 0 aromatic heterocycles. The second-order valence-corrected chi connectivity index (χ2v) is 35.1. The number of para-hydroxylation sites is 1. The number of rotatable bonds is 45. The topological polar surface area (TPSA) is 404 Å². The predicted molar refractivity (Wildman–Crippen MR) is 510 cm³/mol. The molecule has 6 aliphatic heterocycles. The van der Waals surface area contributed by atoms with Gasteiger partial charge in [0.15, 0.2) is 0 Å². The first kappa shape index (κ1) is 93.7. The SMILES string of the molecule is CCCCN1C(=O)c2ccc(OCC(CN/N=C3\C(=N)C(c4ccc(Nc5ccccc5)cc4)=C(NCC(COc4ccc5c(c4)C(=O)N(CCC)C5=O)(COc4ccc5c(c4)C(=O)N(CCCC)C5=O)COc4ccc5c(c4)C(=O)N(CCCC)C5=O)C(N)=C3c3ccc(N)cc3)(COc3ccc4c(c3)C(=O)N(CCCC)C4=O)COc3ccc4c(c3)C(=O)N(CCCC)C4=O)cc2C1=O. The van der Waals surface area contributed by atoms with Gasteiger partial charge in [0.25, 0.3) is 70.9 Å². The number of nitrogens with two attached hydrogens (primary N) is 2. The van der Waals surface area contributed by atoms with Crippen molar-refractivity contribution in [2.75, 3.05) is 103 Å². The van der Waals surface area contributed by atoms with E-state index in [2.05, 4.69) is 16.1 Å². The van der Waals surface area contributed by atoms with Crippen LogP contribution >= 0.6 is 0 Å². The molecule has 31 heteroatoms. The van der Waals surface area contributed by atoms with E-state index in [1.807, 2.05) is 84.0 Å². The smallest absolute Gasteiger partial charge is 0.261 e. The van der Waals surface area contributed by atoms with Crippen molar-refractivity contribution in [3.8, 4) is 34.5 Å². The van der Waals surface area contributed by atoms with Crippen LogP contribution in [0.2, 0.25) is 0 Å². The molecule has 7 aliphatic rings. The number of benzene rings is 9. The minimum Gasteiger partial charge on any atom is -0.493 e. The van der Waals surface area contributed by atoms with Crippen molar-refractivity contribution < 1.29 is 86.0 Å². The van der Waals surface area contributed by atoms with Crippen LogP contribution < -0.4 is 55.9 Å². The molecule has 9 aromatic carbocycles. The molecule has 0 spiro atoms. The minimum atomic E-state index is -1.56. The van der Waals surface area contributed by atoms with E-state index in [-0.39, 0.29) is 227 Å². The highest BCUT2D eigenvalue weighted by Gasteiger charge is 2.46. The van der Waals surface area contributed by atoms with Crippen molar-refractivity contribution in [1.82, 2.24) is 40.1 Å². The number of imide groups is 6. The van der Waals surface area contributed by atoms with Gasteiger partial charge in [-0.1, -0.05) is 116 Å². The second-order valence-electron chi connectivity index (χ2n) is 35.1. The molecule has 0 bridgehead atoms. The predicted octanol–water partition coefficient (Wildman–Crippen LogP) is 15.1. The van der Waals surface area contributed by atoms with E-state index in [4.69, 9.17) is 45.0 Å². The standard InChI is InChI=1S/C105H107N13O18/c1-7-13-44-114-93(120)75-38-32-69(50-81(75)99(114)126)132-58-104(57-131-68-31-37-74-80(49-68)98(125)113(43-12-6)92(74)119,59-133-70-33-39-76-82(51-70)100(127)115(94(76)121)45-14-8-2)55-109-90-86(64-25-29-67(30-26-64)111-66-21-19-18-20-22-66)89(108)91(87(88(90)107)63-23-27-65(106)28-24-63)112-110-56-105(60-134-71-34-40-77-83(52-71)101(128)116(95(77)122)46-15-9-3,61-135-72-35-41-78-84(53-72)102(129)117(96(78)123)47-16-10-4)62-136-73-36-42-79-85(54-73)103(130)118(97(79)124)48-17-11-5/h18-42,49-54,108-111H,7-17,43-48,55-62,106-107H2,1-6H3/b108-89?,112-91-. The maximum absolute atomic E-state index is 14.2. The summed E-state index contributed by atoms with van der Waals surface area (Å²) < 4.78 is 41.3. The summed E-state index contributed by atoms with van der Waals surface area (Å²) in [5.74, 6) is -4.79. The third kappa shape index (κ3) is 18.8. The van der Waals surface area contributed by atoms with Gasteiger partial charge >= 0.3 is 0 Å². The minimum absolute atomic E-state index is 0.0108. The zero-order valence-electron chi connectivity index (χ0n) is 76.7. The zero-order chi connectivity index (χ0) is 95.8. The number of carbonyl (C=O) groups excluding carboxylic acids is 12. The summed E-state index contributed by atoms with van der Waals surface area (Å²) in [4.78, 5) is 175. The average Bonchev–Trinajstić information content (AvgIpc) is 1.11. The molecule has 9 aromatic rings. The maximum atomic E-state index is 14.2. The van der Waals surface area contributed by atoms with E-state index in [1.54, 1.807) is 72.8 Å². The van der Waals surface area contributed by atoms with Gasteiger partial charge in [0, 0.05) is 80.6 Å². The Morgan fingerprint density at radius 3 is 0.882 bits per heavy atom. The fourth-order valence-electron chi connectivity index (χ4n) is 17.4. The fourth-order valence-corrected chi connectivity index (χ4v) is 17.4. The molecular formula is C105H107N13O18. The van der Waals surface area contributed by atoms with Gasteiger partial charge in [0.05, 0.1) is 94.7 Å². The average molecular weight is 1840 g/mol. The summed E-state index contributed by atoms with van der Waals surface area (Å²) in [6.45, 7) is 10.0. The number of allylic oxidation sites excluding steroid dienone is 2. The number of nitrogens with one attached hydrogen (secondary N) is 4. The van der Waals surface area contributed by atoms with Crippen LogP contribution in [0.5, 0.6) is 34.5 Å². The van der Waals surface area contributed by atoms with E-state index in [9.17, 15) is 62.9 Å². The van der Waals surface area contributed by atoms with Crippen LogP contribution in [0, 0.1) is 16.2 Å². The van der Waals surface area contributed by atoms with Gasteiger partial charge < -0.3 is 55.9 Å². The van der Waals surface area contributed by atoms with Crippen LogP contribution in [0.25, 0.3) is 11.1 Å². The number of carbonyl (C=O) groups is 12. The molecule has 0 unspecified atom stereocenters. The lowest BCUT2D eigenvalue weighted by Crippen LogP contribution is -2.49. The molecule has 8 N–H and O–H groups in total. The van der Waals surface area contributed by atoms with E-state index >= 15 is 0 Å². The van der Waals surface area contributed by atoms with Gasteiger partial charge in [-0.15, -0.1) is 0 Å². The molecule has 0 saturated heterocycles. The van der Waals surface area contributed by atoms with Crippen LogP contribution in [-0.2, 0) is 0 Å². The lowest BCUT2D eigenvalue weighted by atomic mass is 9.82. The Labute approximate surface area is 786 Å². The van der Waals surface area contributed by atoms with Crippen LogP contribution in [-0.4, -0.2) is 204 Å². The lowest BCUT2D eigenvalue weighted by molar-refractivity contribution is 0.0327. The molecule has 31 nitrogen and oxygen atoms in total. The molecule has 0 saturated carbocycles. The Balaban J connectivity index is 0.832. The maximum Gasteiger partial charge on any atom is 0.261 e. The van der Waals surface area contributed by atoms with Gasteiger partial charge in [-0.2, -0.15) is 5.10 Å². The fraction of sp³-hybridized carbons (Fsp3) is 0.314. The monoisotopic (exact) mass is 1840 g/mol. The summed E-state index contributed by atoms with van der Waals surface area (Å²) in [6, 6.07) is 51.1. The van der Waals surface area contributed by atoms with Gasteiger partial charge in [0.1, 0.15) is 79.9 Å². The number of amides is 12. The number of nitrogen functional groups attached to an aromatic ring is 1. The van der Waals surface area contributed by atoms with Gasteiger partial charge in [0.2, 0.25) is 0 Å². The molecule has 0 radical (unpaired) electrons. The van der Waals surface area contributed by atoms with E-state index < -0.39 is 81.7 Å². The van der Waals surface area contributed by atoms with Crippen molar-refractivity contribution in [3.63, 3.8) is 0 Å². The highest BCUT2D eigenvalue weighted by atomic mass is 16.5. The highest BCUT2D eigenvalue weighted by Crippen LogP contribution is 2.41. The summed E-state index contributed by atoms with van der Waals surface area (Å²) in [5, 5.41) is 23.4. The van der Waals surface area contributed by atoms with E-state index in [0.717, 1.165) is 24.9 Å². The number of hydrazone groups is 1. The normalized spacial score (nSPS) is 15.4. The van der Waals surface area contributed by atoms with Crippen LogP contribution in [0.15, 0.2) is 205 Å². The Kier molecular flexibility index (Phi) is 27.9. The molecule has 700 valence electrons. The Hall–Kier alpha value is -15.6. The third-order valence-corrected chi connectivity index (χ3v) is 25.3. The number of anilines is 3. The largest absolute Gasteiger partial charge is 0.493 e. The second kappa shape index (κ2) is 40.5. The molecule has 6 heterocycles. The van der Waals surface area contributed by atoms with Crippen molar-refractivity contribution in [2.45, 2.75) is 112 Å². The van der Waals surface area contributed by atoms with Gasteiger partial charge in [-0.05, 0) is 195 Å². The van der Waals surface area contributed by atoms with Crippen molar-refractivity contribution >= 4 is 111 Å². The van der Waals surface area contributed by atoms with Gasteiger partial charge in [-0.25, -0.2) is 0 Å².